The first kappa shape index (κ1) is 21.3. The highest BCUT2D eigenvalue weighted by atomic mass is 16.2. The van der Waals surface area contributed by atoms with Crippen LogP contribution >= 0.6 is 0 Å². The number of carbonyl (C=O) groups is 2. The van der Waals surface area contributed by atoms with E-state index in [1.54, 1.807) is 51.8 Å². The Hall–Kier alpha value is -3.94. The molecule has 0 saturated carbocycles. The van der Waals surface area contributed by atoms with Crippen LogP contribution in [0.5, 0.6) is 0 Å². The molecular weight excluding hydrogens is 404 g/mol. The monoisotopic (exact) mass is 430 g/mol. The highest BCUT2D eigenvalue weighted by Gasteiger charge is 2.25. The summed E-state index contributed by atoms with van der Waals surface area (Å²) < 4.78 is 3.37. The van der Waals surface area contributed by atoms with E-state index in [2.05, 4.69) is 15.4 Å². The van der Waals surface area contributed by atoms with E-state index >= 15 is 0 Å². The highest BCUT2D eigenvalue weighted by molar-refractivity contribution is 5.99. The SMILES string of the molecule is CN(C(=O)c1cnn2cccnc12)C(CCNC(=O)c1cccn1C)Cc1ccccc1. The van der Waals surface area contributed by atoms with Gasteiger partial charge in [-0.3, -0.25) is 9.59 Å². The summed E-state index contributed by atoms with van der Waals surface area (Å²) in [5.41, 5.74) is 2.72. The largest absolute Gasteiger partial charge is 0.351 e. The van der Waals surface area contributed by atoms with Crippen molar-refractivity contribution >= 4 is 17.5 Å². The Morgan fingerprint density at radius 3 is 2.66 bits per heavy atom. The smallest absolute Gasteiger partial charge is 0.267 e. The molecule has 4 rings (SSSR count). The van der Waals surface area contributed by atoms with E-state index in [-0.39, 0.29) is 17.9 Å². The molecule has 1 aromatic carbocycles. The molecule has 1 atom stereocenters. The van der Waals surface area contributed by atoms with Crippen LogP contribution in [0.3, 0.4) is 0 Å². The van der Waals surface area contributed by atoms with Crippen LogP contribution in [0.4, 0.5) is 0 Å². The first-order valence-electron chi connectivity index (χ1n) is 10.5. The molecular formula is C24H26N6O2. The van der Waals surface area contributed by atoms with E-state index < -0.39 is 0 Å². The van der Waals surface area contributed by atoms with Gasteiger partial charge in [0.2, 0.25) is 0 Å². The molecule has 0 saturated heterocycles. The molecule has 3 heterocycles. The number of aromatic nitrogens is 4. The second-order valence-electron chi connectivity index (χ2n) is 7.75. The Morgan fingerprint density at radius 2 is 1.91 bits per heavy atom. The van der Waals surface area contributed by atoms with Crippen molar-refractivity contribution in [2.24, 2.45) is 7.05 Å². The number of rotatable bonds is 8. The van der Waals surface area contributed by atoms with Crippen LogP contribution in [0.25, 0.3) is 5.65 Å². The van der Waals surface area contributed by atoms with Crippen molar-refractivity contribution in [1.82, 2.24) is 29.4 Å². The minimum atomic E-state index is -0.145. The van der Waals surface area contributed by atoms with Crippen molar-refractivity contribution in [2.45, 2.75) is 18.9 Å². The zero-order valence-electron chi connectivity index (χ0n) is 18.2. The van der Waals surface area contributed by atoms with Gasteiger partial charge in [-0.25, -0.2) is 9.50 Å². The summed E-state index contributed by atoms with van der Waals surface area (Å²) >= 11 is 0. The molecule has 0 spiro atoms. The maximum Gasteiger partial charge on any atom is 0.267 e. The van der Waals surface area contributed by atoms with E-state index in [1.165, 1.54) is 0 Å². The molecule has 4 aromatic rings. The van der Waals surface area contributed by atoms with Crippen molar-refractivity contribution < 1.29 is 9.59 Å². The van der Waals surface area contributed by atoms with Gasteiger partial charge in [-0.05, 0) is 36.6 Å². The van der Waals surface area contributed by atoms with Crippen LogP contribution in [-0.4, -0.2) is 55.5 Å². The van der Waals surface area contributed by atoms with Gasteiger partial charge in [0, 0.05) is 45.3 Å². The lowest BCUT2D eigenvalue weighted by Gasteiger charge is -2.28. The van der Waals surface area contributed by atoms with Gasteiger partial charge in [0.05, 0.1) is 6.20 Å². The Morgan fingerprint density at radius 1 is 1.09 bits per heavy atom. The van der Waals surface area contributed by atoms with Crippen LogP contribution in [0.2, 0.25) is 0 Å². The number of benzene rings is 1. The zero-order chi connectivity index (χ0) is 22.5. The lowest BCUT2D eigenvalue weighted by molar-refractivity contribution is 0.0724. The predicted octanol–water partition coefficient (Wildman–Crippen LogP) is 2.57. The summed E-state index contributed by atoms with van der Waals surface area (Å²) in [7, 11) is 3.63. The third kappa shape index (κ3) is 4.54. The number of nitrogens with zero attached hydrogens (tertiary/aromatic N) is 5. The summed E-state index contributed by atoms with van der Waals surface area (Å²) in [5, 5.41) is 7.21. The van der Waals surface area contributed by atoms with Gasteiger partial charge in [0.25, 0.3) is 11.8 Å². The molecule has 0 radical (unpaired) electrons. The predicted molar refractivity (Wildman–Crippen MR) is 121 cm³/mol. The van der Waals surface area contributed by atoms with Crippen LogP contribution in [0, 0.1) is 0 Å². The van der Waals surface area contributed by atoms with Crippen LogP contribution in [0.15, 0.2) is 73.3 Å². The van der Waals surface area contributed by atoms with Crippen molar-refractivity contribution in [3.8, 4) is 0 Å². The minimum absolute atomic E-state index is 0.114. The van der Waals surface area contributed by atoms with Gasteiger partial charge in [-0.1, -0.05) is 30.3 Å². The molecule has 8 heteroatoms. The molecule has 0 fully saturated rings. The minimum Gasteiger partial charge on any atom is -0.351 e. The van der Waals surface area contributed by atoms with E-state index in [4.69, 9.17) is 0 Å². The summed E-state index contributed by atoms with van der Waals surface area (Å²) in [4.78, 5) is 31.8. The standard InChI is InChI=1S/C24H26N6O2/c1-28-14-6-10-21(28)23(31)26-13-11-19(16-18-8-4-3-5-9-18)29(2)24(32)20-17-27-30-15-7-12-25-22(20)30/h3-10,12,14-15,17,19H,11,13,16H2,1-2H3,(H,26,31). The van der Waals surface area contributed by atoms with E-state index in [0.717, 1.165) is 5.56 Å². The number of hydrogen-bond donors (Lipinski definition) is 1. The van der Waals surface area contributed by atoms with Gasteiger partial charge in [-0.2, -0.15) is 5.10 Å². The van der Waals surface area contributed by atoms with Crippen molar-refractivity contribution in [3.63, 3.8) is 0 Å². The lowest BCUT2D eigenvalue weighted by atomic mass is 10.0. The molecule has 0 bridgehead atoms. The number of amides is 2. The van der Waals surface area contributed by atoms with Gasteiger partial charge in [-0.15, -0.1) is 0 Å². The Bertz CT molecular complexity index is 1210. The average molecular weight is 431 g/mol. The van der Waals surface area contributed by atoms with E-state index in [9.17, 15) is 9.59 Å². The zero-order valence-corrected chi connectivity index (χ0v) is 18.2. The maximum atomic E-state index is 13.3. The van der Waals surface area contributed by atoms with Crippen molar-refractivity contribution in [3.05, 3.63) is 90.1 Å². The molecule has 32 heavy (non-hydrogen) atoms. The number of carbonyl (C=O) groups excluding carboxylic acids is 2. The summed E-state index contributed by atoms with van der Waals surface area (Å²) in [6.45, 7) is 0.451. The molecule has 1 unspecified atom stereocenters. The van der Waals surface area contributed by atoms with Crippen LogP contribution in [-0.2, 0) is 13.5 Å². The number of nitrogens with one attached hydrogen (secondary N) is 1. The third-order valence-electron chi connectivity index (χ3n) is 5.63. The topological polar surface area (TPSA) is 84.5 Å². The number of aryl methyl sites for hydroxylation is 1. The Labute approximate surface area is 186 Å². The fraction of sp³-hybridized carbons (Fsp3) is 0.250. The highest BCUT2D eigenvalue weighted by Crippen LogP contribution is 2.16. The first-order valence-corrected chi connectivity index (χ1v) is 10.5. The summed E-state index contributed by atoms with van der Waals surface area (Å²) in [6.07, 6.45) is 8.09. The Kier molecular flexibility index (Phi) is 6.30. The van der Waals surface area contributed by atoms with E-state index in [1.807, 2.05) is 49.6 Å². The fourth-order valence-electron chi connectivity index (χ4n) is 3.79. The number of likely N-dealkylation sites (N-methyl/N-ethyl adjacent to an activating group) is 1. The van der Waals surface area contributed by atoms with Gasteiger partial charge >= 0.3 is 0 Å². The van der Waals surface area contributed by atoms with Crippen LogP contribution < -0.4 is 5.32 Å². The molecule has 8 nitrogen and oxygen atoms in total. The normalized spacial score (nSPS) is 11.9. The van der Waals surface area contributed by atoms with Gasteiger partial charge < -0.3 is 14.8 Å². The number of hydrogen-bond acceptors (Lipinski definition) is 4. The van der Waals surface area contributed by atoms with Gasteiger partial charge in [0.1, 0.15) is 11.3 Å². The molecule has 2 amide bonds. The molecule has 3 aromatic heterocycles. The lowest BCUT2D eigenvalue weighted by Crippen LogP contribution is -2.41. The molecule has 0 aliphatic carbocycles. The quantitative estimate of drug-likeness (QED) is 0.466. The molecule has 1 N–H and O–H groups in total. The second-order valence-corrected chi connectivity index (χ2v) is 7.75. The van der Waals surface area contributed by atoms with Gasteiger partial charge in [0.15, 0.2) is 5.65 Å². The third-order valence-corrected chi connectivity index (χ3v) is 5.63. The summed E-state index contributed by atoms with van der Waals surface area (Å²) in [6, 6.07) is 15.3. The first-order chi connectivity index (χ1) is 15.5. The van der Waals surface area contributed by atoms with Crippen molar-refractivity contribution in [1.29, 1.82) is 0 Å². The molecule has 0 aliphatic heterocycles. The Balaban J connectivity index is 1.49. The maximum absolute atomic E-state index is 13.3. The van der Waals surface area contributed by atoms with E-state index in [0.29, 0.717) is 36.3 Å². The molecule has 164 valence electrons. The summed E-state index contributed by atoms with van der Waals surface area (Å²) in [5.74, 6) is -0.273. The van der Waals surface area contributed by atoms with Crippen LogP contribution in [0.1, 0.15) is 32.8 Å². The second kappa shape index (κ2) is 9.47. The fourth-order valence-corrected chi connectivity index (χ4v) is 3.79. The van der Waals surface area contributed by atoms with Crippen molar-refractivity contribution in [2.75, 3.05) is 13.6 Å². The molecule has 0 aliphatic rings. The average Bonchev–Trinajstić information content (AvgIpc) is 3.44. The number of fused-ring (bicyclic) bond motifs is 1.